The number of halogens is 3. The summed E-state index contributed by atoms with van der Waals surface area (Å²) in [7, 11) is 0. The van der Waals surface area contributed by atoms with Gasteiger partial charge in [0, 0.05) is 28.9 Å². The molecule has 4 aromatic rings. The summed E-state index contributed by atoms with van der Waals surface area (Å²) in [5.74, 6) is 0.501. The van der Waals surface area contributed by atoms with Crippen molar-refractivity contribution < 1.29 is 17.9 Å². The van der Waals surface area contributed by atoms with Gasteiger partial charge in [-0.3, -0.25) is 10.1 Å². The summed E-state index contributed by atoms with van der Waals surface area (Å²) >= 11 is 0. The Hall–Kier alpha value is -3.39. The molecule has 1 unspecified atom stereocenters. The minimum atomic E-state index is -4.41. The van der Waals surface area contributed by atoms with Crippen LogP contribution in [0.25, 0.3) is 22.0 Å². The molecule has 2 aromatic carbocycles. The summed E-state index contributed by atoms with van der Waals surface area (Å²) in [4.78, 5) is 4.22. The maximum atomic E-state index is 13.2. The van der Waals surface area contributed by atoms with E-state index in [1.807, 2.05) is 31.2 Å². The van der Waals surface area contributed by atoms with Crippen LogP contribution in [0.4, 0.5) is 13.2 Å². The second kappa shape index (κ2) is 8.39. The fourth-order valence-corrected chi connectivity index (χ4v) is 3.49. The number of aromatic nitrogens is 3. The molecule has 0 amide bonds. The summed E-state index contributed by atoms with van der Waals surface area (Å²) in [6.45, 7) is 2.02. The van der Waals surface area contributed by atoms with E-state index >= 15 is 0 Å². The first kappa shape index (κ1) is 20.9. The van der Waals surface area contributed by atoms with Crippen LogP contribution in [-0.4, -0.2) is 27.8 Å². The van der Waals surface area contributed by atoms with E-state index < -0.39 is 17.8 Å². The molecule has 2 heterocycles. The van der Waals surface area contributed by atoms with Crippen molar-refractivity contribution in [3.8, 4) is 16.9 Å². The van der Waals surface area contributed by atoms with Crippen LogP contribution in [0.15, 0.2) is 60.9 Å². The third kappa shape index (κ3) is 4.69. The van der Waals surface area contributed by atoms with Crippen molar-refractivity contribution in [2.24, 2.45) is 5.73 Å². The maximum Gasteiger partial charge on any atom is 0.416 e. The molecule has 0 aliphatic carbocycles. The van der Waals surface area contributed by atoms with Gasteiger partial charge in [-0.1, -0.05) is 24.3 Å². The molecule has 4 rings (SSSR count). The largest absolute Gasteiger partial charge is 0.490 e. The van der Waals surface area contributed by atoms with E-state index in [9.17, 15) is 13.2 Å². The minimum Gasteiger partial charge on any atom is -0.490 e. The Morgan fingerprint density at radius 3 is 2.68 bits per heavy atom. The third-order valence-electron chi connectivity index (χ3n) is 5.06. The normalized spacial score (nSPS) is 12.8. The Kier molecular flexibility index (Phi) is 5.65. The number of nitrogens with two attached hydrogens (primary N) is 1. The maximum absolute atomic E-state index is 13.2. The van der Waals surface area contributed by atoms with E-state index in [2.05, 4.69) is 15.2 Å². The van der Waals surface area contributed by atoms with Crippen molar-refractivity contribution in [3.05, 3.63) is 77.7 Å². The number of hydrogen-bond donors (Lipinski definition) is 2. The van der Waals surface area contributed by atoms with Crippen LogP contribution < -0.4 is 10.5 Å². The van der Waals surface area contributed by atoms with Crippen molar-refractivity contribution in [3.63, 3.8) is 0 Å². The SMILES string of the molecule is Cc1[nH]nc2ccc(-c3cncc(OCC(N)Cc4ccccc4C(F)(F)F)c3)cc12. The van der Waals surface area contributed by atoms with Gasteiger partial charge in [-0.05, 0) is 48.7 Å². The molecule has 0 bridgehead atoms. The number of aromatic amines is 1. The third-order valence-corrected chi connectivity index (χ3v) is 5.06. The van der Waals surface area contributed by atoms with E-state index in [0.29, 0.717) is 5.75 Å². The molecule has 0 fully saturated rings. The van der Waals surface area contributed by atoms with Crippen LogP contribution >= 0.6 is 0 Å². The Morgan fingerprint density at radius 1 is 1.06 bits per heavy atom. The smallest absolute Gasteiger partial charge is 0.416 e. The first-order chi connectivity index (χ1) is 14.8. The van der Waals surface area contributed by atoms with E-state index in [0.717, 1.165) is 33.8 Å². The minimum absolute atomic E-state index is 0.0548. The molecule has 31 heavy (non-hydrogen) atoms. The highest BCUT2D eigenvalue weighted by Gasteiger charge is 2.33. The zero-order valence-electron chi connectivity index (χ0n) is 16.8. The van der Waals surface area contributed by atoms with Gasteiger partial charge in [0.05, 0.1) is 17.3 Å². The molecule has 3 N–H and O–H groups in total. The van der Waals surface area contributed by atoms with E-state index in [-0.39, 0.29) is 18.6 Å². The van der Waals surface area contributed by atoms with Crippen molar-refractivity contribution in [2.45, 2.75) is 25.6 Å². The molecule has 5 nitrogen and oxygen atoms in total. The Morgan fingerprint density at radius 2 is 1.87 bits per heavy atom. The summed E-state index contributed by atoms with van der Waals surface area (Å²) in [6, 6.07) is 12.6. The molecule has 2 aromatic heterocycles. The molecule has 160 valence electrons. The highest BCUT2D eigenvalue weighted by atomic mass is 19.4. The molecular formula is C23H21F3N4O. The number of H-pyrrole nitrogens is 1. The molecule has 1 atom stereocenters. The average Bonchev–Trinajstić information content (AvgIpc) is 3.12. The lowest BCUT2D eigenvalue weighted by molar-refractivity contribution is -0.138. The van der Waals surface area contributed by atoms with Crippen LogP contribution in [0.5, 0.6) is 5.75 Å². The second-order valence-electron chi connectivity index (χ2n) is 7.42. The Labute approximate surface area is 177 Å². The van der Waals surface area contributed by atoms with Gasteiger partial charge in [0.25, 0.3) is 0 Å². The van der Waals surface area contributed by atoms with Gasteiger partial charge in [-0.25, -0.2) is 0 Å². The van der Waals surface area contributed by atoms with Gasteiger partial charge in [0.1, 0.15) is 12.4 Å². The number of benzene rings is 2. The number of fused-ring (bicyclic) bond motifs is 1. The summed E-state index contributed by atoms with van der Waals surface area (Å²) in [5.41, 5.74) is 9.22. The van der Waals surface area contributed by atoms with Gasteiger partial charge in [-0.15, -0.1) is 0 Å². The standard InChI is InChI=1S/C23H21F3N4O/c1-14-20-10-15(6-7-22(20)30-29-14)17-9-19(12-28-11-17)31-13-18(27)8-16-4-2-3-5-21(16)23(24,25)26/h2-7,9-12,18H,8,13,27H2,1H3,(H,29,30). The van der Waals surface area contributed by atoms with Crippen molar-refractivity contribution in [2.75, 3.05) is 6.61 Å². The average molecular weight is 426 g/mol. The highest BCUT2D eigenvalue weighted by molar-refractivity contribution is 5.86. The van der Waals surface area contributed by atoms with E-state index in [1.165, 1.54) is 12.1 Å². The van der Waals surface area contributed by atoms with Crippen molar-refractivity contribution in [1.29, 1.82) is 0 Å². The number of nitrogens with zero attached hydrogens (tertiary/aromatic N) is 2. The predicted molar refractivity (Wildman–Crippen MR) is 113 cm³/mol. The number of rotatable bonds is 6. The zero-order valence-corrected chi connectivity index (χ0v) is 16.8. The highest BCUT2D eigenvalue weighted by Crippen LogP contribution is 2.32. The zero-order chi connectivity index (χ0) is 22.0. The molecule has 0 aliphatic heterocycles. The lowest BCUT2D eigenvalue weighted by Gasteiger charge is -2.17. The van der Waals surface area contributed by atoms with E-state index in [1.54, 1.807) is 18.5 Å². The number of nitrogens with one attached hydrogen (secondary N) is 1. The molecule has 0 aliphatic rings. The second-order valence-corrected chi connectivity index (χ2v) is 7.42. The Balaban J connectivity index is 1.45. The van der Waals surface area contributed by atoms with Crippen LogP contribution in [0.1, 0.15) is 16.8 Å². The first-order valence-electron chi connectivity index (χ1n) is 9.75. The summed E-state index contributed by atoms with van der Waals surface area (Å²) < 4.78 is 45.2. The van der Waals surface area contributed by atoms with Crippen LogP contribution in [-0.2, 0) is 12.6 Å². The molecule has 8 heteroatoms. The lowest BCUT2D eigenvalue weighted by Crippen LogP contribution is -2.31. The van der Waals surface area contributed by atoms with Crippen LogP contribution in [0.2, 0.25) is 0 Å². The summed E-state index contributed by atoms with van der Waals surface area (Å²) in [5, 5.41) is 8.21. The number of aryl methyl sites for hydroxylation is 1. The molecular weight excluding hydrogens is 405 g/mol. The molecule has 0 spiro atoms. The van der Waals surface area contributed by atoms with Gasteiger partial charge in [0.15, 0.2) is 0 Å². The number of ether oxygens (including phenoxy) is 1. The molecule has 0 saturated carbocycles. The van der Waals surface area contributed by atoms with Gasteiger partial charge >= 0.3 is 6.18 Å². The monoisotopic (exact) mass is 426 g/mol. The van der Waals surface area contributed by atoms with E-state index in [4.69, 9.17) is 10.5 Å². The van der Waals surface area contributed by atoms with Crippen LogP contribution in [0.3, 0.4) is 0 Å². The van der Waals surface area contributed by atoms with Crippen molar-refractivity contribution in [1.82, 2.24) is 15.2 Å². The van der Waals surface area contributed by atoms with Gasteiger partial charge < -0.3 is 10.5 Å². The first-order valence-corrected chi connectivity index (χ1v) is 9.75. The number of alkyl halides is 3. The quantitative estimate of drug-likeness (QED) is 0.460. The predicted octanol–water partition coefficient (Wildman–Crippen LogP) is 4.90. The topological polar surface area (TPSA) is 76.8 Å². The fourth-order valence-electron chi connectivity index (χ4n) is 3.49. The molecule has 0 radical (unpaired) electrons. The van der Waals surface area contributed by atoms with Crippen molar-refractivity contribution >= 4 is 10.9 Å². The van der Waals surface area contributed by atoms with Gasteiger partial charge in [0.2, 0.25) is 0 Å². The fraction of sp³-hybridized carbons (Fsp3) is 0.217. The molecule has 0 saturated heterocycles. The van der Waals surface area contributed by atoms with Gasteiger partial charge in [-0.2, -0.15) is 18.3 Å². The number of hydrogen-bond acceptors (Lipinski definition) is 4. The summed E-state index contributed by atoms with van der Waals surface area (Å²) in [6.07, 6.45) is -1.08. The van der Waals surface area contributed by atoms with Crippen LogP contribution in [0, 0.1) is 6.92 Å². The Bertz CT molecular complexity index is 1200. The number of pyridine rings is 1. The lowest BCUT2D eigenvalue weighted by atomic mass is 10.0.